The Balaban J connectivity index is 0. The van der Waals surface area contributed by atoms with Gasteiger partial charge in [0.25, 0.3) is 5.13 Å². The van der Waals surface area contributed by atoms with Crippen LogP contribution in [0.15, 0.2) is 0 Å². The van der Waals surface area contributed by atoms with Crippen molar-refractivity contribution in [1.29, 1.82) is 0 Å². The van der Waals surface area contributed by atoms with Gasteiger partial charge in [-0.05, 0) is 6.92 Å². The lowest BCUT2D eigenvalue weighted by molar-refractivity contribution is -0.192. The summed E-state index contributed by atoms with van der Waals surface area (Å²) in [6.45, 7) is 0.245. The molecule has 0 radical (unpaired) electrons. The summed E-state index contributed by atoms with van der Waals surface area (Å²) in [5, 5.41) is -3.59. The van der Waals surface area contributed by atoms with Crippen molar-refractivity contribution >= 4 is 11.6 Å². The third-order valence-corrected chi connectivity index (χ3v) is 1.10. The molecule has 0 aromatic carbocycles. The minimum absolute atomic E-state index is 0.245. The second-order valence-electron chi connectivity index (χ2n) is 2.60. The van der Waals surface area contributed by atoms with Crippen LogP contribution in [0.25, 0.3) is 0 Å². The molecule has 1 unspecified atom stereocenters. The van der Waals surface area contributed by atoms with E-state index in [0.29, 0.717) is 0 Å². The summed E-state index contributed by atoms with van der Waals surface area (Å²) in [4.78, 5) is 0. The van der Waals surface area contributed by atoms with Crippen molar-refractivity contribution in [2.24, 2.45) is 0 Å². The topological polar surface area (TPSA) is 0 Å². The molecule has 0 aliphatic heterocycles. The van der Waals surface area contributed by atoms with E-state index in [1.807, 2.05) is 0 Å². The highest BCUT2D eigenvalue weighted by Gasteiger charge is 2.50. The van der Waals surface area contributed by atoms with Crippen molar-refractivity contribution in [2.45, 2.75) is 37.3 Å². The van der Waals surface area contributed by atoms with Crippen molar-refractivity contribution in [3.05, 3.63) is 0 Å². The Morgan fingerprint density at radius 3 is 1.19 bits per heavy atom. The van der Waals surface area contributed by atoms with Crippen molar-refractivity contribution in [2.75, 3.05) is 0 Å². The number of hydrogen-bond donors (Lipinski definition) is 0. The quantitative estimate of drug-likeness (QED) is 0.484. The summed E-state index contributed by atoms with van der Waals surface area (Å²) >= 11 is 4.22. The Bertz CT molecular complexity index is 174. The predicted molar refractivity (Wildman–Crippen MR) is 38.1 cm³/mol. The highest BCUT2D eigenvalue weighted by Crippen LogP contribution is 2.36. The first kappa shape index (κ1) is 18.0. The third-order valence-electron chi connectivity index (χ3n) is 0.884. The molecule has 0 amide bonds. The van der Waals surface area contributed by atoms with Gasteiger partial charge in [0.1, 0.15) is 6.42 Å². The molecule has 0 aliphatic carbocycles. The van der Waals surface area contributed by atoms with Gasteiger partial charge in [0.2, 0.25) is 6.43 Å². The average Bonchev–Trinajstić information content (AvgIpc) is 1.74. The van der Waals surface area contributed by atoms with E-state index in [4.69, 9.17) is 0 Å². The van der Waals surface area contributed by atoms with Gasteiger partial charge in [-0.25, -0.2) is 13.2 Å². The first-order valence-electron chi connectivity index (χ1n) is 3.46. The second-order valence-corrected chi connectivity index (χ2v) is 3.31. The minimum atomic E-state index is -4.96. The van der Waals surface area contributed by atoms with E-state index in [-0.39, 0.29) is 6.92 Å². The molecule has 0 spiro atoms. The zero-order valence-electron chi connectivity index (χ0n) is 7.56. The van der Waals surface area contributed by atoms with E-state index in [2.05, 4.69) is 11.6 Å². The van der Waals surface area contributed by atoms with Gasteiger partial charge in [-0.1, -0.05) is 11.6 Å². The Kier molecular flexibility index (Phi) is 6.57. The number of rotatable bonds is 1. The molecule has 0 bridgehead atoms. The fourth-order valence-electron chi connectivity index (χ4n) is 0.175. The molecule has 0 N–H and O–H groups in total. The van der Waals surface area contributed by atoms with Gasteiger partial charge in [0.15, 0.2) is 0 Å². The van der Waals surface area contributed by atoms with Crippen molar-refractivity contribution in [3.8, 4) is 0 Å². The Morgan fingerprint density at radius 1 is 0.938 bits per heavy atom. The number of hydrogen-bond acceptors (Lipinski definition) is 0. The van der Waals surface area contributed by atoms with Crippen LogP contribution in [0.5, 0.6) is 0 Å². The van der Waals surface area contributed by atoms with E-state index in [1.165, 1.54) is 0 Å². The molecule has 10 heteroatoms. The van der Waals surface area contributed by atoms with Crippen LogP contribution in [0.2, 0.25) is 0 Å². The summed E-state index contributed by atoms with van der Waals surface area (Å²) in [6.07, 6.45) is -15.0. The molecule has 1 atom stereocenters. The number of alkyl halides is 10. The Hall–Kier alpha value is -0.340. The van der Waals surface area contributed by atoms with Gasteiger partial charge in [0, 0.05) is 0 Å². The normalized spacial score (nSPS) is 16.5. The summed E-state index contributed by atoms with van der Waals surface area (Å²) in [5.74, 6) is 0. The lowest BCUT2D eigenvalue weighted by Gasteiger charge is -2.14. The predicted octanol–water partition coefficient (Wildman–Crippen LogP) is 4.68. The average molecular weight is 285 g/mol. The maximum atomic E-state index is 11.5. The second kappa shape index (κ2) is 5.83. The largest absolute Gasteiger partial charge is 0.436 e. The third kappa shape index (κ3) is 11.7. The summed E-state index contributed by atoms with van der Waals surface area (Å²) < 4.78 is 98.8. The van der Waals surface area contributed by atoms with Gasteiger partial charge in [-0.15, -0.1) is 0 Å². The molecule has 100 valence electrons. The van der Waals surface area contributed by atoms with E-state index in [1.54, 1.807) is 0 Å². The zero-order chi connectivity index (χ0) is 13.8. The molecule has 0 nitrogen and oxygen atoms in total. The first-order valence-corrected chi connectivity index (χ1v) is 3.84. The SMILES string of the molecule is CC(F)(Cl)C(F)(F)F.FC(F)CC(F)(F)F. The standard InChI is InChI=1S/C3H3ClF4.C3H3F5/c1-2(4,5)3(6,7)8;4-2(5)1-3(6,7)8/h1H3;2H,1H2. The maximum Gasteiger partial charge on any atom is 0.436 e. The molecule has 0 aromatic rings. The van der Waals surface area contributed by atoms with Crippen molar-refractivity contribution in [3.63, 3.8) is 0 Å². The number of halogens is 10. The molecule has 0 saturated heterocycles. The highest BCUT2D eigenvalue weighted by molar-refractivity contribution is 6.23. The fourth-order valence-corrected chi connectivity index (χ4v) is 0.175. The molecule has 0 heterocycles. The first-order chi connectivity index (χ1) is 6.67. The van der Waals surface area contributed by atoms with E-state index in [9.17, 15) is 39.5 Å². The molecule has 0 saturated carbocycles. The summed E-state index contributed by atoms with van der Waals surface area (Å²) in [7, 11) is 0. The molecular weight excluding hydrogens is 279 g/mol. The minimum Gasteiger partial charge on any atom is -0.216 e. The Morgan fingerprint density at radius 2 is 1.19 bits per heavy atom. The summed E-state index contributed by atoms with van der Waals surface area (Å²) in [6, 6.07) is 0. The van der Waals surface area contributed by atoms with Crippen LogP contribution < -0.4 is 0 Å². The lowest BCUT2D eigenvalue weighted by atomic mass is 10.4. The van der Waals surface area contributed by atoms with Crippen LogP contribution in [-0.4, -0.2) is 23.9 Å². The van der Waals surface area contributed by atoms with Crippen LogP contribution >= 0.6 is 11.6 Å². The molecular formula is C6H6ClF9. The highest BCUT2D eigenvalue weighted by atomic mass is 35.5. The smallest absolute Gasteiger partial charge is 0.216 e. The van der Waals surface area contributed by atoms with Gasteiger partial charge in [0.05, 0.1) is 0 Å². The fraction of sp³-hybridized carbons (Fsp3) is 1.00. The van der Waals surface area contributed by atoms with Crippen LogP contribution in [0.1, 0.15) is 13.3 Å². The van der Waals surface area contributed by atoms with Gasteiger partial charge in [-0.3, -0.25) is 0 Å². The van der Waals surface area contributed by atoms with Crippen LogP contribution in [0.4, 0.5) is 39.5 Å². The van der Waals surface area contributed by atoms with Crippen LogP contribution in [-0.2, 0) is 0 Å². The van der Waals surface area contributed by atoms with Crippen molar-refractivity contribution in [1.82, 2.24) is 0 Å². The molecule has 16 heavy (non-hydrogen) atoms. The van der Waals surface area contributed by atoms with E-state index < -0.39 is 30.3 Å². The Labute approximate surface area is 89.4 Å². The molecule has 0 rings (SSSR count). The molecule has 0 fully saturated rings. The zero-order valence-corrected chi connectivity index (χ0v) is 8.32. The summed E-state index contributed by atoms with van der Waals surface area (Å²) in [5.41, 5.74) is 0. The van der Waals surface area contributed by atoms with Gasteiger partial charge in [-0.2, -0.15) is 26.3 Å². The maximum absolute atomic E-state index is 11.5. The van der Waals surface area contributed by atoms with Crippen LogP contribution in [0.3, 0.4) is 0 Å². The van der Waals surface area contributed by atoms with Gasteiger partial charge >= 0.3 is 12.4 Å². The van der Waals surface area contributed by atoms with Gasteiger partial charge < -0.3 is 0 Å². The lowest BCUT2D eigenvalue weighted by Crippen LogP contribution is -2.31. The van der Waals surface area contributed by atoms with E-state index >= 15 is 0 Å². The van der Waals surface area contributed by atoms with E-state index in [0.717, 1.165) is 0 Å². The van der Waals surface area contributed by atoms with Crippen molar-refractivity contribution < 1.29 is 39.5 Å². The molecule has 0 aromatic heterocycles. The monoisotopic (exact) mass is 284 g/mol. The van der Waals surface area contributed by atoms with Crippen LogP contribution in [0, 0.1) is 0 Å². The molecule has 0 aliphatic rings.